The lowest BCUT2D eigenvalue weighted by Gasteiger charge is -2.26. The van der Waals surface area contributed by atoms with E-state index in [0.29, 0.717) is 5.75 Å². The number of halogens is 1. The van der Waals surface area contributed by atoms with Crippen molar-refractivity contribution in [2.45, 2.75) is 18.8 Å². The quantitative estimate of drug-likeness (QED) is 0.817. The van der Waals surface area contributed by atoms with Crippen LogP contribution in [0, 0.1) is 0 Å². The average molecular weight is 331 g/mol. The number of carbonyl (C=O) groups excluding carboxylic acids is 1. The van der Waals surface area contributed by atoms with E-state index < -0.39 is 0 Å². The lowest BCUT2D eigenvalue weighted by molar-refractivity contribution is 0.0942. The Morgan fingerprint density at radius 3 is 2.60 bits per heavy atom. The first-order chi connectivity index (χ1) is 9.72. The van der Waals surface area contributed by atoms with Gasteiger partial charge in [-0.1, -0.05) is 46.3 Å². The van der Waals surface area contributed by atoms with E-state index in [0.717, 1.165) is 34.0 Å². The maximum absolute atomic E-state index is 12.8. The number of benzene rings is 2. The van der Waals surface area contributed by atoms with Crippen LogP contribution in [-0.2, 0) is 6.42 Å². The van der Waals surface area contributed by atoms with Gasteiger partial charge in [0.1, 0.15) is 5.75 Å². The summed E-state index contributed by atoms with van der Waals surface area (Å²) in [4.78, 5) is 12.8. The van der Waals surface area contributed by atoms with Crippen LogP contribution in [0.3, 0.4) is 0 Å². The fourth-order valence-electron chi connectivity index (χ4n) is 2.88. The number of hydrogen-bond acceptors (Lipinski definition) is 2. The molecule has 0 heterocycles. The van der Waals surface area contributed by atoms with Crippen molar-refractivity contribution in [3.05, 3.63) is 63.6 Å². The third-order valence-electron chi connectivity index (χ3n) is 3.89. The van der Waals surface area contributed by atoms with Crippen molar-refractivity contribution >= 4 is 21.7 Å². The van der Waals surface area contributed by atoms with E-state index in [9.17, 15) is 4.79 Å². The van der Waals surface area contributed by atoms with E-state index in [1.807, 2.05) is 42.5 Å². The van der Waals surface area contributed by atoms with E-state index in [2.05, 4.69) is 15.9 Å². The van der Waals surface area contributed by atoms with Crippen molar-refractivity contribution in [3.8, 4) is 5.75 Å². The largest absolute Gasteiger partial charge is 0.496 e. The Bertz CT molecular complexity index is 650. The molecule has 20 heavy (non-hydrogen) atoms. The van der Waals surface area contributed by atoms with E-state index in [1.165, 1.54) is 0 Å². The van der Waals surface area contributed by atoms with Crippen LogP contribution in [0.25, 0.3) is 0 Å². The Kier molecular flexibility index (Phi) is 3.62. The van der Waals surface area contributed by atoms with Crippen LogP contribution in [0.15, 0.2) is 46.9 Å². The molecule has 0 aromatic heterocycles. The normalized spacial score (nSPS) is 17.7. The Balaban J connectivity index is 2.09. The highest BCUT2D eigenvalue weighted by Crippen LogP contribution is 2.40. The predicted molar refractivity (Wildman–Crippen MR) is 82.5 cm³/mol. The lowest BCUT2D eigenvalue weighted by Crippen LogP contribution is -2.22. The number of carbonyl (C=O) groups is 1. The highest BCUT2D eigenvalue weighted by atomic mass is 79.9. The molecule has 0 amide bonds. The molecule has 0 fully saturated rings. The van der Waals surface area contributed by atoms with Gasteiger partial charge in [-0.15, -0.1) is 0 Å². The topological polar surface area (TPSA) is 26.3 Å². The van der Waals surface area contributed by atoms with Gasteiger partial charge in [-0.05, 0) is 36.1 Å². The van der Waals surface area contributed by atoms with Gasteiger partial charge >= 0.3 is 0 Å². The summed E-state index contributed by atoms with van der Waals surface area (Å²) in [6.45, 7) is 0. The molecule has 102 valence electrons. The number of hydrogen-bond donors (Lipinski definition) is 0. The molecule has 0 aliphatic heterocycles. The molecule has 0 N–H and O–H groups in total. The molecule has 3 rings (SSSR count). The highest BCUT2D eigenvalue weighted by molar-refractivity contribution is 9.10. The van der Waals surface area contributed by atoms with Gasteiger partial charge in [-0.25, -0.2) is 0 Å². The molecular formula is C17H15BrO2. The Morgan fingerprint density at radius 2 is 1.90 bits per heavy atom. The van der Waals surface area contributed by atoms with Crippen LogP contribution in [0.5, 0.6) is 5.75 Å². The van der Waals surface area contributed by atoms with Crippen LogP contribution in [0.4, 0.5) is 0 Å². The monoisotopic (exact) mass is 330 g/mol. The summed E-state index contributed by atoms with van der Waals surface area (Å²) in [5.74, 6) is 0.774. The van der Waals surface area contributed by atoms with Gasteiger partial charge in [-0.3, -0.25) is 4.79 Å². The van der Waals surface area contributed by atoms with Gasteiger partial charge in [0.05, 0.1) is 12.7 Å². The molecule has 2 aromatic carbocycles. The van der Waals surface area contributed by atoms with E-state index in [1.54, 1.807) is 7.11 Å². The summed E-state index contributed by atoms with van der Waals surface area (Å²) >= 11 is 3.54. The summed E-state index contributed by atoms with van der Waals surface area (Å²) in [6, 6.07) is 13.8. The van der Waals surface area contributed by atoms with Crippen LogP contribution in [0.2, 0.25) is 0 Å². The molecular weight excluding hydrogens is 316 g/mol. The van der Waals surface area contributed by atoms with Gasteiger partial charge in [0.15, 0.2) is 5.78 Å². The Morgan fingerprint density at radius 1 is 1.15 bits per heavy atom. The summed E-state index contributed by atoms with van der Waals surface area (Å²) in [6.07, 6.45) is 1.74. The molecule has 1 atom stereocenters. The fourth-order valence-corrected chi connectivity index (χ4v) is 3.41. The molecule has 2 nitrogen and oxygen atoms in total. The Hall–Kier alpha value is -1.61. The molecule has 0 spiro atoms. The van der Waals surface area contributed by atoms with E-state index in [4.69, 9.17) is 4.74 Å². The second-order valence-corrected chi connectivity index (χ2v) is 5.82. The number of Topliss-reactive ketones (excluding diaryl/α,β-unsaturated/α-hetero) is 1. The first-order valence-corrected chi connectivity index (χ1v) is 7.46. The number of methoxy groups -OCH3 is 1. The standard InChI is InChI=1S/C17H15BrO2/c1-20-15-10-9-14(18)13-8-7-12(17(19)16(13)15)11-5-3-2-4-6-11/h2-6,9-10,12H,7-8H2,1H3. The van der Waals surface area contributed by atoms with Crippen LogP contribution < -0.4 is 4.74 Å². The maximum atomic E-state index is 12.8. The van der Waals surface area contributed by atoms with Crippen LogP contribution in [0.1, 0.15) is 33.8 Å². The molecule has 0 saturated heterocycles. The zero-order valence-electron chi connectivity index (χ0n) is 11.2. The number of rotatable bonds is 2. The minimum Gasteiger partial charge on any atom is -0.496 e. The number of fused-ring (bicyclic) bond motifs is 1. The van der Waals surface area contributed by atoms with Gasteiger partial charge in [0, 0.05) is 10.4 Å². The highest BCUT2D eigenvalue weighted by Gasteiger charge is 2.32. The summed E-state index contributed by atoms with van der Waals surface area (Å²) < 4.78 is 6.37. The Labute approximate surface area is 126 Å². The average Bonchev–Trinajstić information content (AvgIpc) is 2.49. The van der Waals surface area contributed by atoms with Crippen LogP contribution >= 0.6 is 15.9 Å². The third-order valence-corrected chi connectivity index (χ3v) is 4.63. The van der Waals surface area contributed by atoms with Crippen LogP contribution in [-0.4, -0.2) is 12.9 Å². The number of ketones is 1. The molecule has 2 aromatic rings. The first-order valence-electron chi connectivity index (χ1n) is 6.67. The van der Waals surface area contributed by atoms with Crippen molar-refractivity contribution in [3.63, 3.8) is 0 Å². The van der Waals surface area contributed by atoms with Gasteiger partial charge < -0.3 is 4.74 Å². The molecule has 0 saturated carbocycles. The van der Waals surface area contributed by atoms with Crippen molar-refractivity contribution in [2.24, 2.45) is 0 Å². The zero-order valence-corrected chi connectivity index (χ0v) is 12.8. The molecule has 1 aliphatic carbocycles. The van der Waals surface area contributed by atoms with Crippen molar-refractivity contribution in [2.75, 3.05) is 7.11 Å². The smallest absolute Gasteiger partial charge is 0.174 e. The summed E-state index contributed by atoms with van der Waals surface area (Å²) in [5.41, 5.74) is 2.90. The van der Waals surface area contributed by atoms with Crippen molar-refractivity contribution < 1.29 is 9.53 Å². The van der Waals surface area contributed by atoms with E-state index >= 15 is 0 Å². The van der Waals surface area contributed by atoms with Crippen molar-refractivity contribution in [1.29, 1.82) is 0 Å². The number of ether oxygens (including phenoxy) is 1. The molecule has 1 aliphatic rings. The minimum absolute atomic E-state index is 0.0631. The molecule has 1 unspecified atom stereocenters. The lowest BCUT2D eigenvalue weighted by atomic mass is 9.79. The molecule has 0 bridgehead atoms. The van der Waals surface area contributed by atoms with Gasteiger partial charge in [0.25, 0.3) is 0 Å². The second kappa shape index (κ2) is 5.41. The SMILES string of the molecule is COc1ccc(Br)c2c1C(=O)C(c1ccccc1)CC2. The second-order valence-electron chi connectivity index (χ2n) is 4.97. The molecule has 3 heteroatoms. The molecule has 0 radical (unpaired) electrons. The third kappa shape index (κ3) is 2.16. The van der Waals surface area contributed by atoms with Gasteiger partial charge in [-0.2, -0.15) is 0 Å². The van der Waals surface area contributed by atoms with Crippen molar-refractivity contribution in [1.82, 2.24) is 0 Å². The zero-order chi connectivity index (χ0) is 14.1. The fraction of sp³-hybridized carbons (Fsp3) is 0.235. The van der Waals surface area contributed by atoms with E-state index in [-0.39, 0.29) is 11.7 Å². The summed E-state index contributed by atoms with van der Waals surface area (Å²) in [5, 5.41) is 0. The predicted octanol–water partition coefficient (Wildman–Crippen LogP) is 4.37. The summed E-state index contributed by atoms with van der Waals surface area (Å²) in [7, 11) is 1.61. The first kappa shape index (κ1) is 13.4. The maximum Gasteiger partial charge on any atom is 0.174 e. The minimum atomic E-state index is -0.0631. The van der Waals surface area contributed by atoms with Gasteiger partial charge in [0.2, 0.25) is 0 Å².